The quantitative estimate of drug-likeness (QED) is 0.423. The van der Waals surface area contributed by atoms with Crippen molar-refractivity contribution in [2.75, 3.05) is 0 Å². The number of phenols is 1. The number of non-ortho nitro benzene ring substituents is 1. The van der Waals surface area contributed by atoms with Crippen LogP contribution in [0.15, 0.2) is 59.8 Å². The molecule has 1 aromatic heterocycles. The van der Waals surface area contributed by atoms with Gasteiger partial charge in [-0.05, 0) is 23.6 Å². The van der Waals surface area contributed by atoms with Gasteiger partial charge in [0.1, 0.15) is 12.3 Å². The van der Waals surface area contributed by atoms with Gasteiger partial charge in [0, 0.05) is 29.4 Å². The number of aromatic nitrogens is 1. The molecule has 25 heavy (non-hydrogen) atoms. The van der Waals surface area contributed by atoms with Crippen molar-refractivity contribution in [3.05, 3.63) is 70.4 Å². The second kappa shape index (κ2) is 6.83. The van der Waals surface area contributed by atoms with Crippen LogP contribution in [0, 0.1) is 10.1 Å². The summed E-state index contributed by atoms with van der Waals surface area (Å²) in [4.78, 5) is 22.1. The standard InChI is InChI=1S/C17H14N4O4/c22-16-6-5-14(21(24)25)9-13(16)10-18-19-17(23)11-20-8-7-12-3-1-2-4-15(12)20/h1-10,22H,11H2,(H,19,23)/b18-10+. The molecule has 0 aliphatic carbocycles. The third-order valence-corrected chi connectivity index (χ3v) is 3.61. The maximum Gasteiger partial charge on any atom is 0.270 e. The topological polar surface area (TPSA) is 110 Å². The summed E-state index contributed by atoms with van der Waals surface area (Å²) in [7, 11) is 0. The molecule has 3 aromatic rings. The van der Waals surface area contributed by atoms with Gasteiger partial charge in [-0.15, -0.1) is 0 Å². The van der Waals surface area contributed by atoms with E-state index in [1.165, 1.54) is 18.2 Å². The normalized spacial score (nSPS) is 11.0. The summed E-state index contributed by atoms with van der Waals surface area (Å²) in [5.74, 6) is -0.525. The van der Waals surface area contributed by atoms with Gasteiger partial charge < -0.3 is 9.67 Å². The molecule has 0 fully saturated rings. The smallest absolute Gasteiger partial charge is 0.270 e. The second-order valence-corrected chi connectivity index (χ2v) is 5.30. The molecule has 0 atom stereocenters. The minimum absolute atomic E-state index is 0.0752. The molecule has 2 aromatic carbocycles. The van der Waals surface area contributed by atoms with Crippen LogP contribution in [0.2, 0.25) is 0 Å². The Morgan fingerprint density at radius 3 is 2.88 bits per heavy atom. The number of benzene rings is 2. The molecule has 0 aliphatic heterocycles. The Balaban J connectivity index is 1.67. The number of phenolic OH excluding ortho intramolecular Hbond substituents is 1. The van der Waals surface area contributed by atoms with Crippen molar-refractivity contribution in [2.24, 2.45) is 5.10 Å². The lowest BCUT2D eigenvalue weighted by atomic mass is 10.2. The Morgan fingerprint density at radius 2 is 2.08 bits per heavy atom. The number of carbonyl (C=O) groups excluding carboxylic acids is 1. The number of fused-ring (bicyclic) bond motifs is 1. The summed E-state index contributed by atoms with van der Waals surface area (Å²) in [6.45, 7) is 0.0752. The molecule has 3 rings (SSSR count). The second-order valence-electron chi connectivity index (χ2n) is 5.30. The largest absolute Gasteiger partial charge is 0.507 e. The SMILES string of the molecule is O=C(Cn1ccc2ccccc21)N/N=C/c1cc([N+](=O)[O-])ccc1O. The molecular formula is C17H14N4O4. The third kappa shape index (κ3) is 3.63. The highest BCUT2D eigenvalue weighted by atomic mass is 16.6. The van der Waals surface area contributed by atoms with E-state index in [0.717, 1.165) is 17.1 Å². The highest BCUT2D eigenvalue weighted by Gasteiger charge is 2.09. The maximum absolute atomic E-state index is 12.0. The van der Waals surface area contributed by atoms with Crippen molar-refractivity contribution in [1.82, 2.24) is 9.99 Å². The summed E-state index contributed by atoms with van der Waals surface area (Å²) < 4.78 is 1.78. The first kappa shape index (κ1) is 16.2. The number of para-hydroxylation sites is 1. The highest BCUT2D eigenvalue weighted by molar-refractivity contribution is 5.86. The summed E-state index contributed by atoms with van der Waals surface area (Å²) in [5, 5.41) is 25.2. The van der Waals surface area contributed by atoms with E-state index < -0.39 is 4.92 Å². The number of hydrazone groups is 1. The van der Waals surface area contributed by atoms with Gasteiger partial charge in [-0.3, -0.25) is 14.9 Å². The molecule has 1 amide bonds. The van der Waals surface area contributed by atoms with E-state index in [0.29, 0.717) is 0 Å². The Hall–Kier alpha value is -3.68. The van der Waals surface area contributed by atoms with E-state index in [2.05, 4.69) is 10.5 Å². The molecule has 8 heteroatoms. The van der Waals surface area contributed by atoms with Gasteiger partial charge in [0.25, 0.3) is 11.6 Å². The van der Waals surface area contributed by atoms with Crippen LogP contribution in [-0.2, 0) is 11.3 Å². The number of rotatable bonds is 5. The molecule has 0 spiro atoms. The van der Waals surface area contributed by atoms with Crippen LogP contribution in [0.4, 0.5) is 5.69 Å². The number of amides is 1. The van der Waals surface area contributed by atoms with Gasteiger partial charge in [-0.1, -0.05) is 18.2 Å². The van der Waals surface area contributed by atoms with Crippen molar-refractivity contribution >= 4 is 28.7 Å². The zero-order valence-electron chi connectivity index (χ0n) is 13.0. The summed E-state index contributed by atoms with van der Waals surface area (Å²) in [6, 6.07) is 13.1. The summed E-state index contributed by atoms with van der Waals surface area (Å²) in [6.07, 6.45) is 2.97. The zero-order chi connectivity index (χ0) is 17.8. The van der Waals surface area contributed by atoms with E-state index in [1.54, 1.807) is 10.8 Å². The van der Waals surface area contributed by atoms with E-state index >= 15 is 0 Å². The van der Waals surface area contributed by atoms with Crippen LogP contribution in [0.3, 0.4) is 0 Å². The fourth-order valence-electron chi connectivity index (χ4n) is 2.40. The number of nitrogens with zero attached hydrogens (tertiary/aromatic N) is 3. The Labute approximate surface area is 142 Å². The van der Waals surface area contributed by atoms with Gasteiger partial charge >= 0.3 is 0 Å². The minimum Gasteiger partial charge on any atom is -0.507 e. The Bertz CT molecular complexity index is 978. The lowest BCUT2D eigenvalue weighted by Gasteiger charge is -2.04. The number of carbonyl (C=O) groups is 1. The number of nitro benzene ring substituents is 1. The number of hydrogen-bond acceptors (Lipinski definition) is 5. The average molecular weight is 338 g/mol. The summed E-state index contributed by atoms with van der Waals surface area (Å²) >= 11 is 0. The van der Waals surface area contributed by atoms with E-state index in [1.807, 2.05) is 30.3 Å². The molecule has 0 radical (unpaired) electrons. The van der Waals surface area contributed by atoms with Crippen molar-refractivity contribution in [2.45, 2.75) is 6.54 Å². The van der Waals surface area contributed by atoms with Crippen molar-refractivity contribution < 1.29 is 14.8 Å². The fourth-order valence-corrected chi connectivity index (χ4v) is 2.40. The van der Waals surface area contributed by atoms with Crippen LogP contribution < -0.4 is 5.43 Å². The first-order chi connectivity index (χ1) is 12.0. The average Bonchev–Trinajstić information content (AvgIpc) is 2.99. The molecule has 8 nitrogen and oxygen atoms in total. The molecule has 0 aliphatic rings. The van der Waals surface area contributed by atoms with Gasteiger partial charge in [0.05, 0.1) is 11.1 Å². The van der Waals surface area contributed by atoms with Crippen LogP contribution in [0.1, 0.15) is 5.56 Å². The Kier molecular flexibility index (Phi) is 4.42. The predicted octanol–water partition coefficient (Wildman–Crippen LogP) is 2.41. The first-order valence-electron chi connectivity index (χ1n) is 7.38. The van der Waals surface area contributed by atoms with Crippen LogP contribution in [0.5, 0.6) is 5.75 Å². The van der Waals surface area contributed by atoms with Crippen molar-refractivity contribution in [3.63, 3.8) is 0 Å². The number of nitrogens with one attached hydrogen (secondary N) is 1. The molecule has 126 valence electrons. The van der Waals surface area contributed by atoms with E-state index in [-0.39, 0.29) is 29.5 Å². The van der Waals surface area contributed by atoms with Gasteiger partial charge in [-0.25, -0.2) is 5.43 Å². The molecule has 0 unspecified atom stereocenters. The van der Waals surface area contributed by atoms with Gasteiger partial charge in [0.2, 0.25) is 0 Å². The van der Waals surface area contributed by atoms with Crippen LogP contribution in [-0.4, -0.2) is 26.7 Å². The molecule has 2 N–H and O–H groups in total. The predicted molar refractivity (Wildman–Crippen MR) is 92.4 cm³/mol. The lowest BCUT2D eigenvalue weighted by molar-refractivity contribution is -0.384. The number of aromatic hydroxyl groups is 1. The molecule has 1 heterocycles. The highest BCUT2D eigenvalue weighted by Crippen LogP contribution is 2.21. The minimum atomic E-state index is -0.577. The number of hydrogen-bond donors (Lipinski definition) is 2. The molecule has 0 bridgehead atoms. The zero-order valence-corrected chi connectivity index (χ0v) is 13.0. The van der Waals surface area contributed by atoms with Crippen molar-refractivity contribution in [1.29, 1.82) is 0 Å². The number of nitro groups is 1. The van der Waals surface area contributed by atoms with Crippen LogP contribution >= 0.6 is 0 Å². The molecule has 0 saturated carbocycles. The lowest BCUT2D eigenvalue weighted by Crippen LogP contribution is -2.22. The maximum atomic E-state index is 12.0. The third-order valence-electron chi connectivity index (χ3n) is 3.61. The molecular weight excluding hydrogens is 324 g/mol. The fraction of sp³-hybridized carbons (Fsp3) is 0.0588. The van der Waals surface area contributed by atoms with E-state index in [4.69, 9.17) is 0 Å². The van der Waals surface area contributed by atoms with Crippen LogP contribution in [0.25, 0.3) is 10.9 Å². The van der Waals surface area contributed by atoms with Gasteiger partial charge in [-0.2, -0.15) is 5.10 Å². The molecule has 0 saturated heterocycles. The Morgan fingerprint density at radius 1 is 1.28 bits per heavy atom. The van der Waals surface area contributed by atoms with E-state index in [9.17, 15) is 20.0 Å². The van der Waals surface area contributed by atoms with Crippen molar-refractivity contribution in [3.8, 4) is 5.75 Å². The monoisotopic (exact) mass is 338 g/mol. The first-order valence-corrected chi connectivity index (χ1v) is 7.38. The van der Waals surface area contributed by atoms with Gasteiger partial charge in [0.15, 0.2) is 0 Å². The summed E-state index contributed by atoms with van der Waals surface area (Å²) in [5.41, 5.74) is 3.23.